The Balaban J connectivity index is 1.86. The van der Waals surface area contributed by atoms with Crippen molar-refractivity contribution in [1.82, 2.24) is 4.98 Å². The monoisotopic (exact) mass is 366 g/mol. The van der Waals surface area contributed by atoms with E-state index in [0.29, 0.717) is 10.4 Å². The maximum absolute atomic E-state index is 13.1. The lowest BCUT2D eigenvalue weighted by Crippen LogP contribution is -2.23. The van der Waals surface area contributed by atoms with Gasteiger partial charge < -0.3 is 4.74 Å². The Morgan fingerprint density at radius 2 is 2.00 bits per heavy atom. The minimum absolute atomic E-state index is 0.174. The van der Waals surface area contributed by atoms with Gasteiger partial charge in [-0.2, -0.15) is 13.2 Å². The second-order valence-corrected chi connectivity index (χ2v) is 5.83. The quantitative estimate of drug-likeness (QED) is 0.796. The molecule has 0 bridgehead atoms. The van der Waals surface area contributed by atoms with Crippen molar-refractivity contribution in [3.05, 3.63) is 46.5 Å². The minimum Gasteiger partial charge on any atom is -0.362 e. The molecule has 1 N–H and O–H groups in total. The second-order valence-electron chi connectivity index (χ2n) is 4.71. The Hall–Kier alpha value is -2.07. The molecule has 4 nitrogen and oxygen atoms in total. The number of hydrogen-bond acceptors (Lipinski definition) is 4. The Bertz CT molecular complexity index is 717. The molecule has 10 heteroatoms. The number of rotatable bonds is 6. The van der Waals surface area contributed by atoms with Gasteiger partial charge in [-0.25, -0.2) is 13.8 Å². The molecule has 130 valence electrons. The molecule has 0 saturated carbocycles. The van der Waals surface area contributed by atoms with Crippen molar-refractivity contribution >= 4 is 22.4 Å². The third kappa shape index (κ3) is 5.85. The normalized spacial score (nSPS) is 11.5. The second kappa shape index (κ2) is 7.67. The Kier molecular flexibility index (Phi) is 5.84. The van der Waals surface area contributed by atoms with Crippen LogP contribution < -0.4 is 5.32 Å². The van der Waals surface area contributed by atoms with Gasteiger partial charge in [-0.15, -0.1) is 11.3 Å². The molecule has 1 amide bonds. The lowest BCUT2D eigenvalue weighted by atomic mass is 10.1. The number of carbonyl (C=O) groups excluding carboxylic acids is 1. The van der Waals surface area contributed by atoms with Crippen LogP contribution in [-0.2, 0) is 16.0 Å². The highest BCUT2D eigenvalue weighted by Gasteiger charge is 2.27. The summed E-state index contributed by atoms with van der Waals surface area (Å²) in [5, 5.41) is 2.47. The van der Waals surface area contributed by atoms with Crippen LogP contribution in [0.1, 0.15) is 10.4 Å². The Morgan fingerprint density at radius 3 is 2.67 bits per heavy atom. The number of ether oxygens (including phenoxy) is 1. The molecule has 1 aromatic carbocycles. The van der Waals surface area contributed by atoms with E-state index in [1.807, 2.05) is 0 Å². The molecule has 0 atom stereocenters. The minimum atomic E-state index is -4.50. The molecule has 1 heterocycles. The largest absolute Gasteiger partial charge is 0.411 e. The first-order chi connectivity index (χ1) is 11.2. The first-order valence-electron chi connectivity index (χ1n) is 6.56. The number of halogens is 5. The van der Waals surface area contributed by atoms with E-state index in [1.165, 1.54) is 12.3 Å². The van der Waals surface area contributed by atoms with Gasteiger partial charge in [0.2, 0.25) is 0 Å². The zero-order chi connectivity index (χ0) is 17.7. The number of carbonyl (C=O) groups is 1. The third-order valence-electron chi connectivity index (χ3n) is 2.66. The summed E-state index contributed by atoms with van der Waals surface area (Å²) < 4.78 is 65.8. The first-order valence-corrected chi connectivity index (χ1v) is 7.37. The number of anilines is 1. The van der Waals surface area contributed by atoms with Gasteiger partial charge >= 0.3 is 6.18 Å². The summed E-state index contributed by atoms with van der Waals surface area (Å²) in [4.78, 5) is 16.0. The standard InChI is InChI=1S/C14H11F5N2O2S/c15-10-2-1-8(4-11(10)16)3-9-5-20-13(24-9)21-12(22)6-23-7-14(17,18)19/h1-2,4-5H,3,6-7H2,(H,20,21,22). The van der Waals surface area contributed by atoms with Crippen LogP contribution in [0.3, 0.4) is 0 Å². The molecule has 0 spiro atoms. The maximum atomic E-state index is 13.1. The number of thiazole rings is 1. The van der Waals surface area contributed by atoms with Crippen molar-refractivity contribution in [2.45, 2.75) is 12.6 Å². The number of aromatic nitrogens is 1. The van der Waals surface area contributed by atoms with Gasteiger partial charge in [-0.05, 0) is 17.7 Å². The van der Waals surface area contributed by atoms with Crippen LogP contribution in [0.5, 0.6) is 0 Å². The highest BCUT2D eigenvalue weighted by atomic mass is 32.1. The molecule has 0 fully saturated rings. The molecular weight excluding hydrogens is 355 g/mol. The van der Waals surface area contributed by atoms with E-state index >= 15 is 0 Å². The summed E-state index contributed by atoms with van der Waals surface area (Å²) in [7, 11) is 0. The van der Waals surface area contributed by atoms with Crippen molar-refractivity contribution in [2.75, 3.05) is 18.5 Å². The van der Waals surface area contributed by atoms with E-state index in [-0.39, 0.29) is 11.6 Å². The highest BCUT2D eigenvalue weighted by molar-refractivity contribution is 7.15. The van der Waals surface area contributed by atoms with Gasteiger partial charge in [0.15, 0.2) is 16.8 Å². The van der Waals surface area contributed by atoms with Crippen LogP contribution in [-0.4, -0.2) is 30.3 Å². The molecule has 1 aromatic heterocycles. The zero-order valence-corrected chi connectivity index (χ0v) is 12.8. The topological polar surface area (TPSA) is 51.2 Å². The van der Waals surface area contributed by atoms with Gasteiger partial charge in [0, 0.05) is 17.5 Å². The third-order valence-corrected chi connectivity index (χ3v) is 3.57. The molecule has 0 radical (unpaired) electrons. The van der Waals surface area contributed by atoms with E-state index in [4.69, 9.17) is 0 Å². The first kappa shape index (κ1) is 18.3. The van der Waals surface area contributed by atoms with Crippen LogP contribution in [0.15, 0.2) is 24.4 Å². The number of benzene rings is 1. The summed E-state index contributed by atoms with van der Waals surface area (Å²) in [6.07, 6.45) is -2.80. The summed E-state index contributed by atoms with van der Waals surface area (Å²) in [6.45, 7) is -2.27. The Labute approximate surface area is 137 Å². The maximum Gasteiger partial charge on any atom is 0.411 e. The fourth-order valence-electron chi connectivity index (χ4n) is 1.71. The lowest BCUT2D eigenvalue weighted by molar-refractivity contribution is -0.174. The van der Waals surface area contributed by atoms with Crippen molar-refractivity contribution in [2.24, 2.45) is 0 Å². The SMILES string of the molecule is O=C(COCC(F)(F)F)Nc1ncc(Cc2ccc(F)c(F)c2)s1. The molecule has 2 rings (SSSR count). The number of hydrogen-bond donors (Lipinski definition) is 1. The van der Waals surface area contributed by atoms with Gasteiger partial charge in [-0.3, -0.25) is 10.1 Å². The van der Waals surface area contributed by atoms with Gasteiger partial charge in [0.1, 0.15) is 13.2 Å². The molecule has 24 heavy (non-hydrogen) atoms. The van der Waals surface area contributed by atoms with Crippen molar-refractivity contribution in [3.8, 4) is 0 Å². The lowest BCUT2D eigenvalue weighted by Gasteiger charge is -2.06. The van der Waals surface area contributed by atoms with Crippen LogP contribution in [0, 0.1) is 11.6 Å². The average molecular weight is 366 g/mol. The predicted molar refractivity (Wildman–Crippen MR) is 76.8 cm³/mol. The highest BCUT2D eigenvalue weighted by Crippen LogP contribution is 2.22. The van der Waals surface area contributed by atoms with E-state index < -0.39 is 36.9 Å². The zero-order valence-electron chi connectivity index (χ0n) is 12.0. The number of alkyl halides is 3. The van der Waals surface area contributed by atoms with E-state index in [2.05, 4.69) is 15.0 Å². The van der Waals surface area contributed by atoms with Gasteiger partial charge in [-0.1, -0.05) is 6.07 Å². The van der Waals surface area contributed by atoms with Crippen LogP contribution in [0.25, 0.3) is 0 Å². The van der Waals surface area contributed by atoms with E-state index in [1.54, 1.807) is 0 Å². The number of amides is 1. The number of nitrogens with one attached hydrogen (secondary N) is 1. The van der Waals surface area contributed by atoms with Crippen LogP contribution >= 0.6 is 11.3 Å². The van der Waals surface area contributed by atoms with Crippen LogP contribution in [0.4, 0.5) is 27.1 Å². The van der Waals surface area contributed by atoms with Crippen LogP contribution in [0.2, 0.25) is 0 Å². The van der Waals surface area contributed by atoms with Crippen molar-refractivity contribution in [3.63, 3.8) is 0 Å². The fraction of sp³-hybridized carbons (Fsp3) is 0.286. The summed E-state index contributed by atoms with van der Waals surface area (Å²) in [6, 6.07) is 3.48. The molecule has 0 aliphatic heterocycles. The molecule has 2 aromatic rings. The molecule has 0 saturated heterocycles. The summed E-state index contributed by atoms with van der Waals surface area (Å²) >= 11 is 1.07. The summed E-state index contributed by atoms with van der Waals surface area (Å²) in [5.74, 6) is -2.69. The molecule has 0 unspecified atom stereocenters. The smallest absolute Gasteiger partial charge is 0.362 e. The van der Waals surface area contributed by atoms with E-state index in [0.717, 1.165) is 23.5 Å². The molecule has 0 aliphatic rings. The predicted octanol–water partition coefficient (Wildman–Crippen LogP) is 3.53. The number of nitrogens with zero attached hydrogens (tertiary/aromatic N) is 1. The van der Waals surface area contributed by atoms with Crippen molar-refractivity contribution in [1.29, 1.82) is 0 Å². The average Bonchev–Trinajstić information content (AvgIpc) is 2.88. The summed E-state index contributed by atoms with van der Waals surface area (Å²) in [5.41, 5.74) is 0.518. The van der Waals surface area contributed by atoms with Gasteiger partial charge in [0.05, 0.1) is 0 Å². The molecular formula is C14H11F5N2O2S. The Morgan fingerprint density at radius 1 is 1.25 bits per heavy atom. The fourth-order valence-corrected chi connectivity index (χ4v) is 2.58. The van der Waals surface area contributed by atoms with Crippen molar-refractivity contribution < 1.29 is 31.5 Å². The molecule has 0 aliphatic carbocycles. The van der Waals surface area contributed by atoms with E-state index in [9.17, 15) is 26.7 Å². The van der Waals surface area contributed by atoms with Gasteiger partial charge in [0.25, 0.3) is 5.91 Å².